The Labute approximate surface area is 168 Å². The zero-order valence-electron chi connectivity index (χ0n) is 15.8. The van der Waals surface area contributed by atoms with Crippen LogP contribution in [0.2, 0.25) is 0 Å². The number of nitrogens with zero attached hydrogens (tertiary/aromatic N) is 2. The smallest absolute Gasteiger partial charge is 0.369 e. The quantitative estimate of drug-likeness (QED) is 0.573. The minimum Gasteiger partial charge on any atom is -0.369 e. The Kier molecular flexibility index (Phi) is 5.02. The fraction of sp³-hybridized carbons (Fsp3) is 0.316. The van der Waals surface area contributed by atoms with Crippen molar-refractivity contribution in [3.8, 4) is 0 Å². The van der Waals surface area contributed by atoms with Gasteiger partial charge in [-0.25, -0.2) is 9.38 Å². The maximum Gasteiger partial charge on any atom is 0.419 e. The summed E-state index contributed by atoms with van der Waals surface area (Å²) in [6.07, 6.45) is -4.84. The molecule has 0 saturated carbocycles. The lowest BCUT2D eigenvalue weighted by Crippen LogP contribution is -2.52. The topological polar surface area (TPSA) is 82.5 Å². The van der Waals surface area contributed by atoms with E-state index in [-0.39, 0.29) is 11.5 Å². The van der Waals surface area contributed by atoms with Gasteiger partial charge in [-0.1, -0.05) is 6.07 Å². The van der Waals surface area contributed by atoms with Gasteiger partial charge in [0.2, 0.25) is 5.91 Å². The average Bonchev–Trinajstić information content (AvgIpc) is 3.10. The molecule has 0 spiro atoms. The molecule has 0 aliphatic carbocycles. The number of alkyl halides is 3. The summed E-state index contributed by atoms with van der Waals surface area (Å²) >= 11 is 1.23. The first kappa shape index (κ1) is 21.0. The Morgan fingerprint density at radius 3 is 2.48 bits per heavy atom. The van der Waals surface area contributed by atoms with Crippen LogP contribution in [0, 0.1) is 11.2 Å². The van der Waals surface area contributed by atoms with Crippen molar-refractivity contribution in [1.82, 2.24) is 4.90 Å². The number of thiophene rings is 1. The molecule has 1 amide bonds. The lowest BCUT2D eigenvalue weighted by Gasteiger charge is -2.40. The molecule has 2 aromatic rings. The molecular formula is C19H18F4N4OS. The molecule has 10 heteroatoms. The number of nitrogens with two attached hydrogens (primary N) is 1. The zero-order chi connectivity index (χ0) is 21.7. The van der Waals surface area contributed by atoms with E-state index in [4.69, 9.17) is 11.1 Å². The number of aliphatic imine (C=N–C) groups is 1. The molecule has 3 rings (SSSR count). The Morgan fingerprint density at radius 1 is 1.31 bits per heavy atom. The number of nitrogens with one attached hydrogen (secondary N) is 1. The van der Waals surface area contributed by atoms with Crippen LogP contribution in [0.25, 0.3) is 0 Å². The van der Waals surface area contributed by atoms with Crippen molar-refractivity contribution in [3.63, 3.8) is 0 Å². The number of amides is 1. The van der Waals surface area contributed by atoms with Crippen molar-refractivity contribution in [2.24, 2.45) is 10.7 Å². The van der Waals surface area contributed by atoms with Gasteiger partial charge in [0, 0.05) is 22.5 Å². The molecule has 154 valence electrons. The molecule has 29 heavy (non-hydrogen) atoms. The molecule has 0 bridgehead atoms. The predicted octanol–water partition coefficient (Wildman–Crippen LogP) is 4.08. The minimum absolute atomic E-state index is 0.0531. The van der Waals surface area contributed by atoms with Crippen molar-refractivity contribution < 1.29 is 22.4 Å². The van der Waals surface area contributed by atoms with E-state index >= 15 is 0 Å². The highest BCUT2D eigenvalue weighted by Crippen LogP contribution is 2.47. The van der Waals surface area contributed by atoms with Crippen molar-refractivity contribution >= 4 is 28.9 Å². The van der Waals surface area contributed by atoms with Crippen molar-refractivity contribution in [3.05, 3.63) is 57.0 Å². The normalized spacial score (nSPS) is 22.6. The number of benzene rings is 1. The lowest BCUT2D eigenvalue weighted by molar-refractivity contribution is -0.140. The monoisotopic (exact) mass is 426 g/mol. The van der Waals surface area contributed by atoms with E-state index < -0.39 is 34.9 Å². The predicted molar refractivity (Wildman–Crippen MR) is 103 cm³/mol. The number of hydrogen-bond donors (Lipinski definition) is 2. The number of halogens is 4. The van der Waals surface area contributed by atoms with Gasteiger partial charge in [-0.05, 0) is 43.7 Å². The number of carbonyl (C=O) groups excluding carboxylic acids is 1. The fourth-order valence-corrected chi connectivity index (χ4v) is 4.37. The van der Waals surface area contributed by atoms with Gasteiger partial charge < -0.3 is 11.1 Å². The number of likely N-dealkylation sites (N-methyl/N-ethyl adjacent to an activating group) is 1. The summed E-state index contributed by atoms with van der Waals surface area (Å²) in [7, 11) is 1.40. The Hall–Kier alpha value is -2.75. The Morgan fingerprint density at radius 2 is 1.97 bits per heavy atom. The third-order valence-electron chi connectivity index (χ3n) is 4.94. The van der Waals surface area contributed by atoms with Gasteiger partial charge in [0.05, 0.1) is 11.5 Å². The summed E-state index contributed by atoms with van der Waals surface area (Å²) in [5.41, 5.74) is 3.61. The average molecular weight is 426 g/mol. The SMILES string of the molecule is CC(=N)c1ccc([C@@]2(C)N=C(N)N(C)C(=O)[C@H]2c2ccc(C(F)(F)F)c(F)c2)s1. The summed E-state index contributed by atoms with van der Waals surface area (Å²) < 4.78 is 53.0. The highest BCUT2D eigenvalue weighted by atomic mass is 32.1. The van der Waals surface area contributed by atoms with Crippen LogP contribution >= 0.6 is 11.3 Å². The van der Waals surface area contributed by atoms with Crippen LogP contribution in [0.4, 0.5) is 17.6 Å². The van der Waals surface area contributed by atoms with Crippen LogP contribution in [-0.2, 0) is 16.5 Å². The van der Waals surface area contributed by atoms with Gasteiger partial charge in [-0.2, -0.15) is 13.2 Å². The minimum atomic E-state index is -4.84. The number of hydrogen-bond acceptors (Lipinski definition) is 5. The highest BCUT2D eigenvalue weighted by molar-refractivity contribution is 7.14. The Balaban J connectivity index is 2.19. The summed E-state index contributed by atoms with van der Waals surface area (Å²) in [5, 5.41) is 7.78. The van der Waals surface area contributed by atoms with Crippen LogP contribution in [0.5, 0.6) is 0 Å². The molecule has 3 N–H and O–H groups in total. The van der Waals surface area contributed by atoms with Gasteiger partial charge in [-0.3, -0.25) is 9.69 Å². The molecule has 1 aromatic heterocycles. The summed E-state index contributed by atoms with van der Waals surface area (Å²) in [5.74, 6) is -3.12. The van der Waals surface area contributed by atoms with Gasteiger partial charge in [0.25, 0.3) is 0 Å². The van der Waals surface area contributed by atoms with Gasteiger partial charge in [-0.15, -0.1) is 11.3 Å². The largest absolute Gasteiger partial charge is 0.419 e. The van der Waals surface area contributed by atoms with Crippen LogP contribution in [0.15, 0.2) is 35.3 Å². The standard InChI is InChI=1S/C19H18F4N4OS/c1-9(24)13-6-7-14(29-13)18(2)15(16(28)27(3)17(25)26-18)10-4-5-11(12(20)8-10)19(21,22)23/h4-8,15,24H,1-3H3,(H2,25,26)/t15-,18-/m1/s1. The van der Waals surface area contributed by atoms with Crippen molar-refractivity contribution in [2.45, 2.75) is 31.5 Å². The van der Waals surface area contributed by atoms with Crippen LogP contribution in [0.1, 0.15) is 40.6 Å². The molecule has 2 atom stereocenters. The third-order valence-corrected chi connectivity index (χ3v) is 6.37. The maximum absolute atomic E-state index is 14.2. The van der Waals surface area contributed by atoms with E-state index in [0.29, 0.717) is 21.5 Å². The first-order valence-electron chi connectivity index (χ1n) is 8.51. The molecule has 1 aliphatic rings. The molecule has 5 nitrogen and oxygen atoms in total. The lowest BCUT2D eigenvalue weighted by atomic mass is 9.77. The third kappa shape index (κ3) is 3.52. The second kappa shape index (κ2) is 6.94. The van der Waals surface area contributed by atoms with E-state index in [9.17, 15) is 22.4 Å². The summed E-state index contributed by atoms with van der Waals surface area (Å²) in [6, 6.07) is 5.84. The molecule has 0 radical (unpaired) electrons. The van der Waals surface area contributed by atoms with Crippen LogP contribution in [0.3, 0.4) is 0 Å². The van der Waals surface area contributed by atoms with Crippen molar-refractivity contribution in [2.75, 3.05) is 7.05 Å². The maximum atomic E-state index is 14.2. The van der Waals surface area contributed by atoms with Gasteiger partial charge in [0.1, 0.15) is 11.4 Å². The summed E-state index contributed by atoms with van der Waals surface area (Å²) in [4.78, 5) is 19.8. The molecular weight excluding hydrogens is 408 g/mol. The van der Waals surface area contributed by atoms with E-state index in [1.807, 2.05) is 0 Å². The van der Waals surface area contributed by atoms with Crippen molar-refractivity contribution in [1.29, 1.82) is 5.41 Å². The number of carbonyl (C=O) groups is 1. The number of rotatable bonds is 3. The zero-order valence-corrected chi connectivity index (χ0v) is 16.6. The second-order valence-electron chi connectivity index (χ2n) is 6.97. The molecule has 1 aromatic carbocycles. The van der Waals surface area contributed by atoms with Crippen LogP contribution < -0.4 is 5.73 Å². The molecule has 1 aliphatic heterocycles. The van der Waals surface area contributed by atoms with Gasteiger partial charge in [0.15, 0.2) is 5.96 Å². The molecule has 0 fully saturated rings. The van der Waals surface area contributed by atoms with Crippen LogP contribution in [-0.4, -0.2) is 29.5 Å². The Bertz CT molecular complexity index is 1030. The van der Waals surface area contributed by atoms with E-state index in [2.05, 4.69) is 4.99 Å². The summed E-state index contributed by atoms with van der Waals surface area (Å²) in [6.45, 7) is 3.23. The highest BCUT2D eigenvalue weighted by Gasteiger charge is 2.48. The first-order chi connectivity index (χ1) is 13.4. The molecule has 0 saturated heterocycles. The molecule has 0 unspecified atom stereocenters. The first-order valence-corrected chi connectivity index (χ1v) is 9.33. The van der Waals surface area contributed by atoms with E-state index in [0.717, 1.165) is 17.0 Å². The van der Waals surface area contributed by atoms with E-state index in [1.165, 1.54) is 18.4 Å². The van der Waals surface area contributed by atoms with E-state index in [1.54, 1.807) is 26.0 Å². The molecule has 2 heterocycles. The second-order valence-corrected chi connectivity index (χ2v) is 8.06. The fourth-order valence-electron chi connectivity index (χ4n) is 3.34. The van der Waals surface area contributed by atoms with Gasteiger partial charge >= 0.3 is 6.18 Å². The number of guanidine groups is 1.